The molecule has 106 valence electrons. The topological polar surface area (TPSA) is 64.8 Å². The van der Waals surface area contributed by atoms with E-state index in [1.54, 1.807) is 0 Å². The third-order valence-electron chi connectivity index (χ3n) is 3.11. The lowest BCUT2D eigenvalue weighted by atomic mass is 10.1. The molecule has 0 aromatic rings. The van der Waals surface area contributed by atoms with Gasteiger partial charge < -0.3 is 20.1 Å². The first-order chi connectivity index (χ1) is 8.65. The minimum Gasteiger partial charge on any atom is -0.378 e. The number of rotatable bonds is 8. The smallest absolute Gasteiger partial charge is 0.225 e. The van der Waals surface area contributed by atoms with Gasteiger partial charge in [-0.2, -0.15) is 0 Å². The molecule has 18 heavy (non-hydrogen) atoms. The van der Waals surface area contributed by atoms with Gasteiger partial charge in [-0.15, -0.1) is 0 Å². The Morgan fingerprint density at radius 1 is 1.50 bits per heavy atom. The number of nitrogens with zero attached hydrogens (tertiary/aromatic N) is 1. The molecule has 0 aromatic carbocycles. The van der Waals surface area contributed by atoms with Crippen molar-refractivity contribution in [3.05, 3.63) is 0 Å². The molecule has 0 saturated carbocycles. The van der Waals surface area contributed by atoms with E-state index in [9.17, 15) is 4.79 Å². The summed E-state index contributed by atoms with van der Waals surface area (Å²) in [5.41, 5.74) is 5.35. The lowest BCUT2D eigenvalue weighted by Crippen LogP contribution is -2.40. The first-order valence-electron chi connectivity index (χ1n) is 6.84. The molecule has 2 N–H and O–H groups in total. The Morgan fingerprint density at radius 3 is 2.83 bits per heavy atom. The zero-order chi connectivity index (χ0) is 13.4. The maximum Gasteiger partial charge on any atom is 0.225 e. The summed E-state index contributed by atoms with van der Waals surface area (Å²) >= 11 is 0. The minimum absolute atomic E-state index is 0.115. The number of nitrogens with two attached hydrogens (primary N) is 1. The average molecular weight is 258 g/mol. The first kappa shape index (κ1) is 15.4. The number of ether oxygens (including phenoxy) is 2. The molecular weight excluding hydrogens is 232 g/mol. The van der Waals surface area contributed by atoms with Crippen LogP contribution in [0, 0.1) is 0 Å². The number of hydrogen-bond acceptors (Lipinski definition) is 4. The SMILES string of the molecule is CC(C)N(CCOCCN)C(=O)CC1CCCO1. The molecule has 1 unspecified atom stereocenters. The van der Waals surface area contributed by atoms with Gasteiger partial charge in [0.15, 0.2) is 0 Å². The van der Waals surface area contributed by atoms with Crippen LogP contribution in [0.1, 0.15) is 33.1 Å². The van der Waals surface area contributed by atoms with Crippen LogP contribution in [0.3, 0.4) is 0 Å². The summed E-state index contributed by atoms with van der Waals surface area (Å²) in [6.07, 6.45) is 2.68. The highest BCUT2D eigenvalue weighted by molar-refractivity contribution is 5.77. The fourth-order valence-electron chi connectivity index (χ4n) is 2.14. The van der Waals surface area contributed by atoms with Crippen molar-refractivity contribution >= 4 is 5.91 Å². The zero-order valence-electron chi connectivity index (χ0n) is 11.6. The molecule has 1 fully saturated rings. The van der Waals surface area contributed by atoms with E-state index in [1.165, 1.54) is 0 Å². The van der Waals surface area contributed by atoms with E-state index in [4.69, 9.17) is 15.2 Å². The van der Waals surface area contributed by atoms with E-state index in [-0.39, 0.29) is 18.1 Å². The molecular formula is C13H26N2O3. The molecule has 0 radical (unpaired) electrons. The highest BCUT2D eigenvalue weighted by Gasteiger charge is 2.23. The lowest BCUT2D eigenvalue weighted by Gasteiger charge is -2.27. The van der Waals surface area contributed by atoms with Crippen molar-refractivity contribution in [1.82, 2.24) is 4.90 Å². The molecule has 1 heterocycles. The fraction of sp³-hybridized carbons (Fsp3) is 0.923. The van der Waals surface area contributed by atoms with E-state index < -0.39 is 0 Å². The van der Waals surface area contributed by atoms with Gasteiger partial charge in [0.05, 0.1) is 25.7 Å². The third-order valence-corrected chi connectivity index (χ3v) is 3.11. The van der Waals surface area contributed by atoms with Crippen LogP contribution < -0.4 is 5.73 Å². The highest BCUT2D eigenvalue weighted by Crippen LogP contribution is 2.17. The molecule has 1 aliphatic heterocycles. The summed E-state index contributed by atoms with van der Waals surface area (Å²) in [7, 11) is 0. The number of amides is 1. The minimum atomic E-state index is 0.115. The van der Waals surface area contributed by atoms with Crippen molar-refractivity contribution in [2.24, 2.45) is 5.73 Å². The Balaban J connectivity index is 2.32. The van der Waals surface area contributed by atoms with Crippen molar-refractivity contribution in [3.63, 3.8) is 0 Å². The first-order valence-corrected chi connectivity index (χ1v) is 6.84. The molecule has 5 nitrogen and oxygen atoms in total. The predicted molar refractivity (Wildman–Crippen MR) is 70.3 cm³/mol. The summed E-state index contributed by atoms with van der Waals surface area (Å²) in [4.78, 5) is 14.0. The second-order valence-electron chi connectivity index (χ2n) is 4.92. The van der Waals surface area contributed by atoms with Crippen LogP contribution in [0.2, 0.25) is 0 Å². The van der Waals surface area contributed by atoms with Crippen molar-refractivity contribution in [2.45, 2.75) is 45.3 Å². The van der Waals surface area contributed by atoms with E-state index in [0.29, 0.717) is 32.7 Å². The second kappa shape index (κ2) is 8.45. The van der Waals surface area contributed by atoms with Crippen LogP contribution in [0.5, 0.6) is 0 Å². The number of carbonyl (C=O) groups is 1. The largest absolute Gasteiger partial charge is 0.378 e. The van der Waals surface area contributed by atoms with Crippen LogP contribution in [-0.4, -0.2) is 55.9 Å². The molecule has 0 spiro atoms. The molecule has 0 bridgehead atoms. The van der Waals surface area contributed by atoms with E-state index in [1.807, 2.05) is 18.7 Å². The molecule has 0 aliphatic carbocycles. The van der Waals surface area contributed by atoms with Crippen molar-refractivity contribution in [3.8, 4) is 0 Å². The maximum atomic E-state index is 12.2. The van der Waals surface area contributed by atoms with Crippen LogP contribution in [0.15, 0.2) is 0 Å². The van der Waals surface area contributed by atoms with Gasteiger partial charge in [0.1, 0.15) is 0 Å². The second-order valence-corrected chi connectivity index (χ2v) is 4.92. The summed E-state index contributed by atoms with van der Waals surface area (Å²) in [6.45, 7) is 7.08. The quantitative estimate of drug-likeness (QED) is 0.653. The highest BCUT2D eigenvalue weighted by atomic mass is 16.5. The fourth-order valence-corrected chi connectivity index (χ4v) is 2.14. The average Bonchev–Trinajstić information content (AvgIpc) is 2.81. The summed E-state index contributed by atoms with van der Waals surface area (Å²) in [5.74, 6) is 0.160. The normalized spacial score (nSPS) is 19.4. The molecule has 0 aromatic heterocycles. The van der Waals surface area contributed by atoms with Crippen LogP contribution >= 0.6 is 0 Å². The monoisotopic (exact) mass is 258 g/mol. The van der Waals surface area contributed by atoms with Gasteiger partial charge in [-0.05, 0) is 26.7 Å². The Kier molecular flexibility index (Phi) is 7.23. The molecule has 1 atom stereocenters. The number of carbonyl (C=O) groups excluding carboxylic acids is 1. The van der Waals surface area contributed by atoms with Gasteiger partial charge in [0.25, 0.3) is 0 Å². The third kappa shape index (κ3) is 5.33. The van der Waals surface area contributed by atoms with E-state index >= 15 is 0 Å². The van der Waals surface area contributed by atoms with Crippen molar-refractivity contribution < 1.29 is 14.3 Å². The Morgan fingerprint density at radius 2 is 2.28 bits per heavy atom. The molecule has 1 rings (SSSR count). The van der Waals surface area contributed by atoms with Crippen molar-refractivity contribution in [2.75, 3.05) is 32.9 Å². The molecule has 5 heteroatoms. The van der Waals surface area contributed by atoms with Crippen LogP contribution in [0.25, 0.3) is 0 Å². The van der Waals surface area contributed by atoms with Crippen LogP contribution in [0.4, 0.5) is 0 Å². The number of hydrogen-bond donors (Lipinski definition) is 1. The van der Waals surface area contributed by atoms with Gasteiger partial charge in [-0.25, -0.2) is 0 Å². The van der Waals surface area contributed by atoms with E-state index in [0.717, 1.165) is 19.4 Å². The molecule has 1 aliphatic rings. The lowest BCUT2D eigenvalue weighted by molar-refractivity contribution is -0.136. The van der Waals surface area contributed by atoms with Gasteiger partial charge in [-0.3, -0.25) is 4.79 Å². The molecule has 1 amide bonds. The van der Waals surface area contributed by atoms with Gasteiger partial charge in [-0.1, -0.05) is 0 Å². The standard InChI is InChI=1S/C13H26N2O3/c1-11(2)15(6-9-17-8-5-14)13(16)10-12-4-3-7-18-12/h11-12H,3-10,14H2,1-2H3. The van der Waals surface area contributed by atoms with E-state index in [2.05, 4.69) is 0 Å². The van der Waals surface area contributed by atoms with Crippen molar-refractivity contribution in [1.29, 1.82) is 0 Å². The van der Waals surface area contributed by atoms with Gasteiger partial charge in [0.2, 0.25) is 5.91 Å². The summed E-state index contributed by atoms with van der Waals surface area (Å²) < 4.78 is 10.8. The van der Waals surface area contributed by atoms with Crippen LogP contribution in [-0.2, 0) is 14.3 Å². The van der Waals surface area contributed by atoms with Gasteiger partial charge >= 0.3 is 0 Å². The summed E-state index contributed by atoms with van der Waals surface area (Å²) in [6, 6.07) is 0.195. The molecule has 1 saturated heterocycles. The van der Waals surface area contributed by atoms with Gasteiger partial charge in [0, 0.05) is 25.7 Å². The Bertz CT molecular complexity index is 240. The predicted octanol–water partition coefficient (Wildman–Crippen LogP) is 0.768. The Labute approximate surface area is 110 Å². The zero-order valence-corrected chi connectivity index (χ0v) is 11.6. The Hall–Kier alpha value is -0.650. The maximum absolute atomic E-state index is 12.2. The summed E-state index contributed by atoms with van der Waals surface area (Å²) in [5, 5.41) is 0.